The van der Waals surface area contributed by atoms with E-state index in [1.54, 1.807) is 12.4 Å². The Labute approximate surface area is 114 Å². The van der Waals surface area contributed by atoms with Gasteiger partial charge >= 0.3 is 0 Å². The van der Waals surface area contributed by atoms with Crippen molar-refractivity contribution in [3.63, 3.8) is 0 Å². The molecule has 2 unspecified atom stereocenters. The predicted molar refractivity (Wildman–Crippen MR) is 74.9 cm³/mol. The van der Waals surface area contributed by atoms with Crippen LogP contribution in [0.2, 0.25) is 0 Å². The maximum Gasteiger partial charge on any atom is 0.0849 e. The summed E-state index contributed by atoms with van der Waals surface area (Å²) in [7, 11) is 0. The second-order valence-corrected chi connectivity index (χ2v) is 5.00. The molecule has 0 saturated carbocycles. The molecule has 102 valence electrons. The molecule has 1 N–H and O–H groups in total. The Morgan fingerprint density at radius 2 is 2.16 bits per heavy atom. The minimum Gasteiger partial charge on any atom is -0.388 e. The molecule has 0 spiro atoms. The van der Waals surface area contributed by atoms with Crippen LogP contribution in [0.25, 0.3) is 0 Å². The average molecular weight is 259 g/mol. The first-order chi connectivity index (χ1) is 9.11. The number of pyridine rings is 1. The largest absolute Gasteiger partial charge is 0.388 e. The molecule has 0 aliphatic carbocycles. The summed E-state index contributed by atoms with van der Waals surface area (Å²) >= 11 is 0. The predicted octanol–water partition coefficient (Wildman–Crippen LogP) is 2.83. The molecule has 0 bridgehead atoms. The molecule has 2 aromatic heterocycles. The smallest absolute Gasteiger partial charge is 0.0849 e. The van der Waals surface area contributed by atoms with Crippen LogP contribution >= 0.6 is 0 Å². The number of nitrogens with zero attached hydrogens (tertiary/aromatic N) is 3. The van der Waals surface area contributed by atoms with E-state index in [9.17, 15) is 5.11 Å². The van der Waals surface area contributed by atoms with Gasteiger partial charge in [-0.1, -0.05) is 6.92 Å². The molecule has 2 rings (SSSR count). The van der Waals surface area contributed by atoms with E-state index in [0.29, 0.717) is 12.5 Å². The molecule has 0 amide bonds. The van der Waals surface area contributed by atoms with Gasteiger partial charge in [-0.15, -0.1) is 0 Å². The van der Waals surface area contributed by atoms with Gasteiger partial charge in [-0.3, -0.25) is 9.67 Å². The van der Waals surface area contributed by atoms with Gasteiger partial charge < -0.3 is 5.11 Å². The van der Waals surface area contributed by atoms with Crippen molar-refractivity contribution in [3.8, 4) is 0 Å². The lowest BCUT2D eigenvalue weighted by Crippen LogP contribution is -2.07. The Hall–Kier alpha value is -1.68. The summed E-state index contributed by atoms with van der Waals surface area (Å²) in [6.07, 6.45) is 6.53. The highest BCUT2D eigenvalue weighted by Gasteiger charge is 2.13. The monoisotopic (exact) mass is 259 g/mol. The summed E-state index contributed by atoms with van der Waals surface area (Å²) in [5, 5.41) is 14.8. The maximum absolute atomic E-state index is 10.3. The highest BCUT2D eigenvalue weighted by Crippen LogP contribution is 2.20. The fourth-order valence-electron chi connectivity index (χ4n) is 2.08. The van der Waals surface area contributed by atoms with E-state index >= 15 is 0 Å². The second-order valence-electron chi connectivity index (χ2n) is 5.00. The van der Waals surface area contributed by atoms with Gasteiger partial charge in [0.25, 0.3) is 0 Å². The van der Waals surface area contributed by atoms with Gasteiger partial charge in [0.15, 0.2) is 0 Å². The zero-order valence-electron chi connectivity index (χ0n) is 11.7. The van der Waals surface area contributed by atoms with Crippen LogP contribution in [0.4, 0.5) is 0 Å². The van der Waals surface area contributed by atoms with Crippen LogP contribution in [0, 0.1) is 6.92 Å². The molecule has 19 heavy (non-hydrogen) atoms. The number of aliphatic hydroxyl groups excluding tert-OH is 1. The van der Waals surface area contributed by atoms with Crippen molar-refractivity contribution in [2.24, 2.45) is 0 Å². The van der Waals surface area contributed by atoms with E-state index in [1.165, 1.54) is 0 Å². The SMILES string of the molecule is CCC(C)n1ccc(CC(O)c2ccncc2C)n1. The molecule has 2 aromatic rings. The van der Waals surface area contributed by atoms with Crippen LogP contribution in [0.3, 0.4) is 0 Å². The van der Waals surface area contributed by atoms with Gasteiger partial charge in [0.2, 0.25) is 0 Å². The third-order valence-electron chi connectivity index (χ3n) is 3.53. The topological polar surface area (TPSA) is 50.9 Å². The van der Waals surface area contributed by atoms with Crippen molar-refractivity contribution in [1.82, 2.24) is 14.8 Å². The molecule has 4 nitrogen and oxygen atoms in total. The molecule has 0 aliphatic heterocycles. The van der Waals surface area contributed by atoms with E-state index in [2.05, 4.69) is 23.9 Å². The maximum atomic E-state index is 10.3. The van der Waals surface area contributed by atoms with Crippen LogP contribution in [-0.2, 0) is 6.42 Å². The normalized spacial score (nSPS) is 14.3. The third kappa shape index (κ3) is 3.20. The van der Waals surface area contributed by atoms with E-state index < -0.39 is 6.10 Å². The van der Waals surface area contributed by atoms with Crippen molar-refractivity contribution in [3.05, 3.63) is 47.5 Å². The first kappa shape index (κ1) is 13.7. The summed E-state index contributed by atoms with van der Waals surface area (Å²) < 4.78 is 1.96. The minimum atomic E-state index is -0.525. The highest BCUT2D eigenvalue weighted by atomic mass is 16.3. The number of rotatable bonds is 5. The third-order valence-corrected chi connectivity index (χ3v) is 3.53. The zero-order chi connectivity index (χ0) is 13.8. The van der Waals surface area contributed by atoms with E-state index in [0.717, 1.165) is 23.2 Å². The van der Waals surface area contributed by atoms with Gasteiger partial charge in [0, 0.05) is 31.1 Å². The lowest BCUT2D eigenvalue weighted by molar-refractivity contribution is 0.176. The second kappa shape index (κ2) is 5.97. The van der Waals surface area contributed by atoms with Gasteiger partial charge in [-0.05, 0) is 43.5 Å². The molecular weight excluding hydrogens is 238 g/mol. The van der Waals surface area contributed by atoms with E-state index in [4.69, 9.17) is 0 Å². The minimum absolute atomic E-state index is 0.397. The van der Waals surface area contributed by atoms with Crippen molar-refractivity contribution in [1.29, 1.82) is 0 Å². The Morgan fingerprint density at radius 3 is 2.84 bits per heavy atom. The van der Waals surface area contributed by atoms with Crippen LogP contribution in [0.15, 0.2) is 30.7 Å². The first-order valence-corrected chi connectivity index (χ1v) is 6.74. The molecule has 2 atom stereocenters. The molecule has 2 heterocycles. The van der Waals surface area contributed by atoms with Crippen molar-refractivity contribution < 1.29 is 5.11 Å². The molecule has 0 aliphatic rings. The quantitative estimate of drug-likeness (QED) is 0.898. The zero-order valence-corrected chi connectivity index (χ0v) is 11.7. The average Bonchev–Trinajstić information content (AvgIpc) is 2.86. The van der Waals surface area contributed by atoms with Gasteiger partial charge in [0.05, 0.1) is 11.8 Å². The summed E-state index contributed by atoms with van der Waals surface area (Å²) in [5.41, 5.74) is 2.86. The molecule has 0 fully saturated rings. The fraction of sp³-hybridized carbons (Fsp3) is 0.467. The molecular formula is C15H21N3O. The van der Waals surface area contributed by atoms with Crippen molar-refractivity contribution >= 4 is 0 Å². The summed E-state index contributed by atoms with van der Waals surface area (Å²) in [6.45, 7) is 6.24. The van der Waals surface area contributed by atoms with Crippen molar-refractivity contribution in [2.75, 3.05) is 0 Å². The Bertz CT molecular complexity index is 536. The van der Waals surface area contributed by atoms with Crippen LogP contribution in [0.1, 0.15) is 49.2 Å². The highest BCUT2D eigenvalue weighted by molar-refractivity contribution is 5.25. The number of aryl methyl sites for hydroxylation is 1. The van der Waals surface area contributed by atoms with Gasteiger partial charge in [0.1, 0.15) is 0 Å². The number of aliphatic hydroxyl groups is 1. The Kier molecular flexibility index (Phi) is 4.32. The first-order valence-electron chi connectivity index (χ1n) is 6.74. The van der Waals surface area contributed by atoms with Gasteiger partial charge in [-0.25, -0.2) is 0 Å². The van der Waals surface area contributed by atoms with Crippen LogP contribution in [0.5, 0.6) is 0 Å². The summed E-state index contributed by atoms with van der Waals surface area (Å²) in [4.78, 5) is 4.04. The fourth-order valence-corrected chi connectivity index (χ4v) is 2.08. The standard InChI is InChI=1S/C15H21N3O/c1-4-12(3)18-8-6-13(17-18)9-15(19)14-5-7-16-10-11(14)2/h5-8,10,12,15,19H,4,9H2,1-3H3. The molecule has 4 heteroatoms. The number of aromatic nitrogens is 3. The number of hydrogen-bond donors (Lipinski definition) is 1. The summed E-state index contributed by atoms with van der Waals surface area (Å²) in [5.74, 6) is 0. The summed E-state index contributed by atoms with van der Waals surface area (Å²) in [6, 6.07) is 4.24. The molecule has 0 saturated heterocycles. The van der Waals surface area contributed by atoms with Crippen LogP contribution in [-0.4, -0.2) is 19.9 Å². The van der Waals surface area contributed by atoms with Gasteiger partial charge in [-0.2, -0.15) is 5.10 Å². The lowest BCUT2D eigenvalue weighted by atomic mass is 10.0. The van der Waals surface area contributed by atoms with E-state index in [1.807, 2.05) is 29.9 Å². The number of hydrogen-bond acceptors (Lipinski definition) is 3. The molecule has 0 radical (unpaired) electrons. The Balaban J connectivity index is 2.09. The van der Waals surface area contributed by atoms with Crippen molar-refractivity contribution in [2.45, 2.75) is 45.8 Å². The van der Waals surface area contributed by atoms with Crippen LogP contribution < -0.4 is 0 Å². The van der Waals surface area contributed by atoms with E-state index in [-0.39, 0.29) is 0 Å². The molecule has 0 aromatic carbocycles. The Morgan fingerprint density at radius 1 is 1.37 bits per heavy atom. The lowest BCUT2D eigenvalue weighted by Gasteiger charge is -2.12.